The molecule has 0 spiro atoms. The van der Waals surface area contributed by atoms with Crippen LogP contribution in [0.25, 0.3) is 0 Å². The van der Waals surface area contributed by atoms with Gasteiger partial charge < -0.3 is 13.4 Å². The molecule has 3 rings (SSSR count). The zero-order valence-corrected chi connectivity index (χ0v) is 14.6. The molecule has 0 fully saturated rings. The molecule has 0 unspecified atom stereocenters. The molecule has 0 aliphatic rings. The number of hydrogen-bond acceptors (Lipinski definition) is 6. The first kappa shape index (κ1) is 17.0. The molecule has 0 saturated heterocycles. The van der Waals surface area contributed by atoms with Crippen molar-refractivity contribution in [1.29, 1.82) is 0 Å². The number of hydrogen-bond donors (Lipinski definition) is 0. The third-order valence-electron chi connectivity index (χ3n) is 3.50. The molecular weight excluding hydrogens is 342 g/mol. The Bertz CT molecular complexity index is 927. The highest BCUT2D eigenvalue weighted by molar-refractivity contribution is 7.87. The molecule has 6 nitrogen and oxygen atoms in total. The van der Waals surface area contributed by atoms with Gasteiger partial charge in [-0.15, -0.1) is 0 Å². The van der Waals surface area contributed by atoms with Gasteiger partial charge in [0.05, 0.1) is 0 Å². The van der Waals surface area contributed by atoms with Crippen molar-refractivity contribution in [3.63, 3.8) is 0 Å². The van der Waals surface area contributed by atoms with Crippen molar-refractivity contribution in [3.05, 3.63) is 71.6 Å². The van der Waals surface area contributed by atoms with Crippen LogP contribution in [-0.4, -0.2) is 13.6 Å². The summed E-state index contributed by atoms with van der Waals surface area (Å²) in [5.41, 5.74) is 1.31. The lowest BCUT2D eigenvalue weighted by atomic mass is 10.2. The quantitative estimate of drug-likeness (QED) is 0.625. The summed E-state index contributed by atoms with van der Waals surface area (Å²) < 4.78 is 40.4. The van der Waals surface area contributed by atoms with E-state index in [9.17, 15) is 8.42 Å². The molecule has 2 aromatic carbocycles. The van der Waals surface area contributed by atoms with Gasteiger partial charge in [0.2, 0.25) is 0 Å². The Morgan fingerprint density at radius 1 is 0.960 bits per heavy atom. The predicted molar refractivity (Wildman–Crippen MR) is 91.0 cm³/mol. The summed E-state index contributed by atoms with van der Waals surface area (Å²) in [4.78, 5) is -0.0445. The smallest absolute Gasteiger partial charge is 0.344 e. The number of aryl methyl sites for hydroxylation is 2. The summed E-state index contributed by atoms with van der Waals surface area (Å²) in [6.45, 7) is 3.50. The lowest BCUT2D eigenvalue weighted by molar-refractivity contribution is 0.306. The second kappa shape index (κ2) is 6.98. The normalized spacial score (nSPS) is 11.3. The van der Waals surface area contributed by atoms with E-state index in [1.807, 2.05) is 30.3 Å². The summed E-state index contributed by atoms with van der Waals surface area (Å²) in [7, 11) is -4.00. The highest BCUT2D eigenvalue weighted by Crippen LogP contribution is 2.25. The van der Waals surface area contributed by atoms with E-state index in [4.69, 9.17) is 13.4 Å². The molecule has 25 heavy (non-hydrogen) atoms. The van der Waals surface area contributed by atoms with Gasteiger partial charge in [0, 0.05) is 0 Å². The monoisotopic (exact) mass is 359 g/mol. The zero-order chi connectivity index (χ0) is 17.9. The van der Waals surface area contributed by atoms with Crippen molar-refractivity contribution >= 4 is 10.1 Å². The average molecular weight is 359 g/mol. The van der Waals surface area contributed by atoms with Gasteiger partial charge in [-0.25, -0.2) is 0 Å². The molecule has 130 valence electrons. The lowest BCUT2D eigenvalue weighted by Crippen LogP contribution is -2.11. The van der Waals surface area contributed by atoms with Crippen LogP contribution in [0.1, 0.15) is 17.0 Å². The Morgan fingerprint density at radius 2 is 1.60 bits per heavy atom. The van der Waals surface area contributed by atoms with Crippen LogP contribution in [0.3, 0.4) is 0 Å². The van der Waals surface area contributed by atoms with E-state index in [2.05, 4.69) is 5.16 Å². The van der Waals surface area contributed by atoms with Gasteiger partial charge in [0.1, 0.15) is 23.8 Å². The summed E-state index contributed by atoms with van der Waals surface area (Å²) in [5.74, 6) is 0.998. The maximum Gasteiger partial charge on any atom is 0.344 e. The van der Waals surface area contributed by atoms with Gasteiger partial charge in [-0.2, -0.15) is 8.42 Å². The van der Waals surface area contributed by atoms with E-state index in [1.165, 1.54) is 19.1 Å². The average Bonchev–Trinajstić information content (AvgIpc) is 2.94. The van der Waals surface area contributed by atoms with Crippen molar-refractivity contribution in [1.82, 2.24) is 5.16 Å². The third-order valence-corrected chi connectivity index (χ3v) is 4.99. The summed E-state index contributed by atoms with van der Waals surface area (Å²) in [6, 6.07) is 16.1. The second-order valence-electron chi connectivity index (χ2n) is 5.44. The van der Waals surface area contributed by atoms with E-state index in [1.54, 1.807) is 19.1 Å². The van der Waals surface area contributed by atoms with E-state index in [0.29, 0.717) is 12.4 Å². The Hall–Kier alpha value is -2.80. The topological polar surface area (TPSA) is 78.6 Å². The van der Waals surface area contributed by atoms with E-state index in [-0.39, 0.29) is 22.1 Å². The molecule has 0 atom stereocenters. The van der Waals surface area contributed by atoms with Crippen LogP contribution >= 0.6 is 0 Å². The molecule has 0 N–H and O–H groups in total. The molecule has 7 heteroatoms. The summed E-state index contributed by atoms with van der Waals surface area (Å²) in [6.07, 6.45) is 0. The Balaban J connectivity index is 1.68. The minimum atomic E-state index is -4.00. The van der Waals surface area contributed by atoms with Crippen molar-refractivity contribution in [2.24, 2.45) is 0 Å². The fourth-order valence-electron chi connectivity index (χ4n) is 2.33. The first-order valence-electron chi connectivity index (χ1n) is 7.60. The van der Waals surface area contributed by atoms with Gasteiger partial charge in [-0.3, -0.25) is 0 Å². The Labute approximate surface area is 146 Å². The van der Waals surface area contributed by atoms with Crippen LogP contribution in [0.15, 0.2) is 64.0 Å². The van der Waals surface area contributed by atoms with Crippen molar-refractivity contribution < 1.29 is 21.9 Å². The third kappa shape index (κ3) is 4.00. The molecule has 3 aromatic rings. The van der Waals surface area contributed by atoms with Crippen molar-refractivity contribution in [3.8, 4) is 11.5 Å². The molecule has 0 saturated carbocycles. The van der Waals surface area contributed by atoms with Crippen LogP contribution < -0.4 is 8.92 Å². The number of nitrogens with zero attached hydrogens (tertiary/aromatic N) is 1. The molecule has 1 aromatic heterocycles. The van der Waals surface area contributed by atoms with Gasteiger partial charge in [-0.1, -0.05) is 35.5 Å². The van der Waals surface area contributed by atoms with Gasteiger partial charge in [-0.05, 0) is 43.7 Å². The van der Waals surface area contributed by atoms with E-state index < -0.39 is 10.1 Å². The highest BCUT2D eigenvalue weighted by atomic mass is 32.2. The standard InChI is InChI=1S/C18H17NO5S/c1-13-18(14(2)23-19-13)25(20,21)24-17-10-8-16(9-11-17)22-12-15-6-4-3-5-7-15/h3-11H,12H2,1-2H3. The fraction of sp³-hybridized carbons (Fsp3) is 0.167. The molecule has 0 radical (unpaired) electrons. The first-order chi connectivity index (χ1) is 12.0. The van der Waals surface area contributed by atoms with Crippen LogP contribution in [0.4, 0.5) is 0 Å². The molecule has 0 aliphatic heterocycles. The predicted octanol–water partition coefficient (Wildman–Crippen LogP) is 3.64. The molecule has 0 aliphatic carbocycles. The number of rotatable bonds is 6. The van der Waals surface area contributed by atoms with Crippen LogP contribution in [0.5, 0.6) is 11.5 Å². The highest BCUT2D eigenvalue weighted by Gasteiger charge is 2.26. The minimum Gasteiger partial charge on any atom is -0.489 e. The fourth-order valence-corrected chi connectivity index (χ4v) is 3.57. The SMILES string of the molecule is Cc1noc(C)c1S(=O)(=O)Oc1ccc(OCc2ccccc2)cc1. The Kier molecular flexibility index (Phi) is 4.76. The van der Waals surface area contributed by atoms with Gasteiger partial charge >= 0.3 is 10.1 Å². The molecular formula is C18H17NO5S. The number of benzene rings is 2. The van der Waals surface area contributed by atoms with E-state index in [0.717, 1.165) is 5.56 Å². The second-order valence-corrected chi connectivity index (χ2v) is 6.92. The summed E-state index contributed by atoms with van der Waals surface area (Å²) in [5, 5.41) is 3.64. The van der Waals surface area contributed by atoms with Crippen LogP contribution in [0, 0.1) is 13.8 Å². The Morgan fingerprint density at radius 3 is 2.20 bits per heavy atom. The number of ether oxygens (including phenoxy) is 1. The van der Waals surface area contributed by atoms with E-state index >= 15 is 0 Å². The number of aromatic nitrogens is 1. The van der Waals surface area contributed by atoms with Crippen LogP contribution in [-0.2, 0) is 16.7 Å². The minimum absolute atomic E-state index is 0.0445. The molecule has 1 heterocycles. The maximum absolute atomic E-state index is 12.3. The molecule has 0 amide bonds. The summed E-state index contributed by atoms with van der Waals surface area (Å²) >= 11 is 0. The zero-order valence-electron chi connectivity index (χ0n) is 13.8. The molecule has 0 bridgehead atoms. The lowest BCUT2D eigenvalue weighted by Gasteiger charge is -2.09. The van der Waals surface area contributed by atoms with Gasteiger partial charge in [0.25, 0.3) is 0 Å². The van der Waals surface area contributed by atoms with Gasteiger partial charge in [0.15, 0.2) is 10.7 Å². The largest absolute Gasteiger partial charge is 0.489 e. The van der Waals surface area contributed by atoms with Crippen molar-refractivity contribution in [2.45, 2.75) is 25.3 Å². The maximum atomic E-state index is 12.3. The van der Waals surface area contributed by atoms with Crippen molar-refractivity contribution in [2.75, 3.05) is 0 Å². The van der Waals surface area contributed by atoms with Crippen LogP contribution in [0.2, 0.25) is 0 Å². The first-order valence-corrected chi connectivity index (χ1v) is 9.01.